The molecule has 0 radical (unpaired) electrons. The number of rotatable bonds is 3. The van der Waals surface area contributed by atoms with Crippen LogP contribution in [0.4, 0.5) is 10.7 Å². The molecule has 4 nitrogen and oxygen atoms in total. The van der Waals surface area contributed by atoms with Crippen molar-refractivity contribution in [1.29, 1.82) is 0 Å². The summed E-state index contributed by atoms with van der Waals surface area (Å²) in [6.07, 6.45) is 0. The van der Waals surface area contributed by atoms with Crippen molar-refractivity contribution in [3.05, 3.63) is 32.7 Å². The van der Waals surface area contributed by atoms with Crippen molar-refractivity contribution in [2.24, 2.45) is 10.2 Å². The van der Waals surface area contributed by atoms with Gasteiger partial charge in [-0.3, -0.25) is 4.57 Å². The van der Waals surface area contributed by atoms with Crippen LogP contribution in [0.5, 0.6) is 5.88 Å². The van der Waals surface area contributed by atoms with Gasteiger partial charge in [-0.05, 0) is 37.3 Å². The maximum atomic E-state index is 9.89. The van der Waals surface area contributed by atoms with Crippen molar-refractivity contribution in [1.82, 2.24) is 4.57 Å². The zero-order valence-electron chi connectivity index (χ0n) is 9.50. The molecule has 1 aromatic heterocycles. The van der Waals surface area contributed by atoms with E-state index < -0.39 is 0 Å². The molecule has 0 saturated heterocycles. The second-order valence-corrected chi connectivity index (χ2v) is 5.96. The highest BCUT2D eigenvalue weighted by atomic mass is 79.9. The lowest BCUT2D eigenvalue weighted by molar-refractivity contribution is 0.421. The lowest BCUT2D eigenvalue weighted by Gasteiger charge is -1.97. The Balaban J connectivity index is 2.32. The molecular formula is C11H10BrN3OS2. The molecule has 1 heterocycles. The largest absolute Gasteiger partial charge is 0.492 e. The highest BCUT2D eigenvalue weighted by molar-refractivity contribution is 9.10. The molecule has 94 valence electrons. The quantitative estimate of drug-likeness (QED) is 0.616. The summed E-state index contributed by atoms with van der Waals surface area (Å²) in [6, 6.07) is 7.46. The second kappa shape index (κ2) is 5.73. The molecule has 0 atom stereocenters. The molecule has 2 aromatic rings. The van der Waals surface area contributed by atoms with Crippen molar-refractivity contribution in [3.8, 4) is 5.88 Å². The number of hydrogen-bond acceptors (Lipinski definition) is 5. The van der Waals surface area contributed by atoms with Crippen LogP contribution in [-0.2, 0) is 6.54 Å². The average Bonchev–Trinajstić information content (AvgIpc) is 2.61. The Kier molecular flexibility index (Phi) is 4.26. The van der Waals surface area contributed by atoms with Crippen molar-refractivity contribution in [3.63, 3.8) is 0 Å². The van der Waals surface area contributed by atoms with Gasteiger partial charge in [0, 0.05) is 11.0 Å². The van der Waals surface area contributed by atoms with Crippen molar-refractivity contribution < 1.29 is 5.11 Å². The maximum absolute atomic E-state index is 9.89. The van der Waals surface area contributed by atoms with Crippen LogP contribution in [0.1, 0.15) is 6.92 Å². The van der Waals surface area contributed by atoms with Gasteiger partial charge >= 0.3 is 0 Å². The first-order valence-corrected chi connectivity index (χ1v) is 7.23. The van der Waals surface area contributed by atoms with Crippen LogP contribution in [0, 0.1) is 3.95 Å². The summed E-state index contributed by atoms with van der Waals surface area (Å²) in [6.45, 7) is 2.53. The highest BCUT2D eigenvalue weighted by Crippen LogP contribution is 2.35. The Morgan fingerprint density at radius 3 is 2.83 bits per heavy atom. The number of hydrogen-bond donors (Lipinski definition) is 1. The van der Waals surface area contributed by atoms with Gasteiger partial charge in [0.2, 0.25) is 10.9 Å². The molecule has 0 spiro atoms. The summed E-state index contributed by atoms with van der Waals surface area (Å²) in [7, 11) is 0. The molecule has 7 heteroatoms. The fourth-order valence-electron chi connectivity index (χ4n) is 1.37. The minimum absolute atomic E-state index is 0.0752. The number of thiazole rings is 1. The predicted octanol–water partition coefficient (Wildman–Crippen LogP) is 5.18. The van der Waals surface area contributed by atoms with E-state index in [1.807, 2.05) is 31.2 Å². The van der Waals surface area contributed by atoms with Crippen LogP contribution in [0.25, 0.3) is 0 Å². The van der Waals surface area contributed by atoms with Gasteiger partial charge in [0.05, 0.1) is 5.69 Å². The molecule has 1 aromatic carbocycles. The zero-order chi connectivity index (χ0) is 13.1. The van der Waals surface area contributed by atoms with Crippen LogP contribution >= 0.6 is 39.5 Å². The summed E-state index contributed by atoms with van der Waals surface area (Å²) in [5, 5.41) is 18.4. The fraction of sp³-hybridized carbons (Fsp3) is 0.182. The topological polar surface area (TPSA) is 49.9 Å². The van der Waals surface area contributed by atoms with E-state index in [0.29, 0.717) is 21.2 Å². The predicted molar refractivity (Wildman–Crippen MR) is 78.8 cm³/mol. The van der Waals surface area contributed by atoms with E-state index in [-0.39, 0.29) is 5.88 Å². The van der Waals surface area contributed by atoms with Gasteiger partial charge in [-0.1, -0.05) is 33.3 Å². The van der Waals surface area contributed by atoms with E-state index in [0.717, 1.165) is 4.47 Å². The minimum atomic E-state index is 0.0752. The van der Waals surface area contributed by atoms with Gasteiger partial charge in [0.25, 0.3) is 0 Å². The molecular weight excluding hydrogens is 334 g/mol. The molecule has 0 bridgehead atoms. The Morgan fingerprint density at radius 2 is 2.22 bits per heavy atom. The molecule has 0 fully saturated rings. The summed E-state index contributed by atoms with van der Waals surface area (Å²) in [5.74, 6) is 0.0752. The monoisotopic (exact) mass is 343 g/mol. The molecule has 2 rings (SSSR count). The number of aromatic hydroxyl groups is 1. The molecule has 0 aliphatic carbocycles. The highest BCUT2D eigenvalue weighted by Gasteiger charge is 2.09. The Morgan fingerprint density at radius 1 is 1.44 bits per heavy atom. The minimum Gasteiger partial charge on any atom is -0.492 e. The first kappa shape index (κ1) is 13.4. The van der Waals surface area contributed by atoms with Crippen molar-refractivity contribution >= 4 is 50.2 Å². The van der Waals surface area contributed by atoms with Crippen LogP contribution in [0.15, 0.2) is 39.0 Å². The maximum Gasteiger partial charge on any atom is 0.232 e. The third-order valence-electron chi connectivity index (χ3n) is 2.23. The van der Waals surface area contributed by atoms with E-state index in [9.17, 15) is 5.11 Å². The Bertz CT molecular complexity index is 648. The van der Waals surface area contributed by atoms with Crippen LogP contribution in [-0.4, -0.2) is 9.67 Å². The lowest BCUT2D eigenvalue weighted by atomic mass is 10.3. The number of benzene rings is 1. The van der Waals surface area contributed by atoms with Crippen LogP contribution in [0.2, 0.25) is 0 Å². The summed E-state index contributed by atoms with van der Waals surface area (Å²) in [5.41, 5.74) is 0.714. The van der Waals surface area contributed by atoms with Gasteiger partial charge in [-0.15, -0.1) is 10.2 Å². The number of halogens is 1. The molecule has 0 aliphatic heterocycles. The van der Waals surface area contributed by atoms with E-state index in [4.69, 9.17) is 12.2 Å². The summed E-state index contributed by atoms with van der Waals surface area (Å²) < 4.78 is 3.15. The fourth-order valence-corrected chi connectivity index (χ4v) is 2.98. The van der Waals surface area contributed by atoms with Gasteiger partial charge in [0.1, 0.15) is 0 Å². The van der Waals surface area contributed by atoms with E-state index in [2.05, 4.69) is 26.2 Å². The molecule has 0 aliphatic rings. The number of aromatic nitrogens is 1. The van der Waals surface area contributed by atoms with Crippen molar-refractivity contribution in [2.45, 2.75) is 13.5 Å². The zero-order valence-corrected chi connectivity index (χ0v) is 12.7. The molecule has 18 heavy (non-hydrogen) atoms. The number of nitrogens with zero attached hydrogens (tertiary/aromatic N) is 3. The first-order chi connectivity index (χ1) is 8.61. The van der Waals surface area contributed by atoms with Crippen LogP contribution < -0.4 is 0 Å². The SMILES string of the molecule is CCn1c(O)c(N=Nc2cccc(Br)c2)sc1=S. The third kappa shape index (κ3) is 2.85. The first-order valence-electron chi connectivity index (χ1n) is 5.21. The summed E-state index contributed by atoms with van der Waals surface area (Å²) >= 11 is 9.73. The lowest BCUT2D eigenvalue weighted by Crippen LogP contribution is -1.90. The smallest absolute Gasteiger partial charge is 0.232 e. The normalized spacial score (nSPS) is 11.2. The van der Waals surface area contributed by atoms with Gasteiger partial charge < -0.3 is 5.11 Å². The van der Waals surface area contributed by atoms with E-state index >= 15 is 0 Å². The molecule has 0 unspecified atom stereocenters. The van der Waals surface area contributed by atoms with E-state index in [1.54, 1.807) is 4.57 Å². The van der Waals surface area contributed by atoms with Gasteiger partial charge in [-0.25, -0.2) is 0 Å². The van der Waals surface area contributed by atoms with Crippen LogP contribution in [0.3, 0.4) is 0 Å². The van der Waals surface area contributed by atoms with E-state index in [1.165, 1.54) is 11.3 Å². The Labute approximate surface area is 122 Å². The molecule has 1 N–H and O–H groups in total. The van der Waals surface area contributed by atoms with Crippen molar-refractivity contribution in [2.75, 3.05) is 0 Å². The average molecular weight is 344 g/mol. The van der Waals surface area contributed by atoms with Gasteiger partial charge in [0.15, 0.2) is 3.95 Å². The summed E-state index contributed by atoms with van der Waals surface area (Å²) in [4.78, 5) is 0. The number of azo groups is 1. The standard InChI is InChI=1S/C11H10BrN3OS2/c1-2-15-10(16)9(18-11(15)17)14-13-8-5-3-4-7(12)6-8/h3-6,16H,2H2,1H3. The third-order valence-corrected chi connectivity index (χ3v) is 4.05. The molecule has 0 saturated carbocycles. The Hall–Kier alpha value is -1.05. The second-order valence-electron chi connectivity index (χ2n) is 3.42. The molecule has 0 amide bonds. The van der Waals surface area contributed by atoms with Gasteiger partial charge in [-0.2, -0.15) is 0 Å².